The van der Waals surface area contributed by atoms with Crippen molar-refractivity contribution in [2.75, 3.05) is 0 Å². The summed E-state index contributed by atoms with van der Waals surface area (Å²) in [5.41, 5.74) is 14.4. The molecule has 0 atom stereocenters. The fraction of sp³-hybridized carbons (Fsp3) is 0. The predicted molar refractivity (Wildman–Crippen MR) is 242 cm³/mol. The topological polar surface area (TPSA) is 53.5 Å². The highest BCUT2D eigenvalue weighted by molar-refractivity contribution is 6.12. The Morgan fingerprint density at radius 2 is 0.763 bits per heavy atom. The lowest BCUT2D eigenvalue weighted by molar-refractivity contribution is 1.09. The van der Waals surface area contributed by atoms with Gasteiger partial charge in [0.05, 0.1) is 33.1 Å². The summed E-state index contributed by atoms with van der Waals surface area (Å²) in [7, 11) is 0. The molecule has 0 saturated heterocycles. The Bertz CT molecular complexity index is 3520. The predicted octanol–water partition coefficient (Wildman–Crippen LogP) is 13.0. The van der Waals surface area contributed by atoms with Crippen LogP contribution in [0.5, 0.6) is 0 Å². The van der Waals surface area contributed by atoms with Gasteiger partial charge in [0.1, 0.15) is 5.82 Å². The van der Waals surface area contributed by atoms with Gasteiger partial charge in [0.15, 0.2) is 5.82 Å². The minimum absolute atomic E-state index is 0.703. The Morgan fingerprint density at radius 3 is 1.37 bits per heavy atom. The van der Waals surface area contributed by atoms with Crippen LogP contribution < -0.4 is 0 Å². The third kappa shape index (κ3) is 5.31. The van der Waals surface area contributed by atoms with Crippen LogP contribution in [-0.2, 0) is 0 Å². The van der Waals surface area contributed by atoms with E-state index in [0.29, 0.717) is 5.82 Å². The van der Waals surface area contributed by atoms with Crippen LogP contribution in [0.3, 0.4) is 0 Å². The first-order valence-corrected chi connectivity index (χ1v) is 19.9. The lowest BCUT2D eigenvalue weighted by atomic mass is 10.0. The van der Waals surface area contributed by atoms with Crippen molar-refractivity contribution in [1.82, 2.24) is 28.7 Å². The first-order valence-electron chi connectivity index (χ1n) is 19.9. The second kappa shape index (κ2) is 13.3. The SMILES string of the molecule is c1ccc(-n2c3ccccc3c3cc(-c4ccc5c(c4)c4ccccc4n5-c4ccc(-n5c(-c6ccc(-c7ncccn7)cc6)nc6ccccc65)cc4)ccc32)cc1. The van der Waals surface area contributed by atoms with Crippen molar-refractivity contribution >= 4 is 54.6 Å². The van der Waals surface area contributed by atoms with Gasteiger partial charge >= 0.3 is 0 Å². The van der Waals surface area contributed by atoms with Crippen LogP contribution in [0.2, 0.25) is 0 Å². The molecule has 0 aliphatic carbocycles. The number of rotatable bonds is 6. The van der Waals surface area contributed by atoms with E-state index < -0.39 is 0 Å². The molecule has 4 heterocycles. The molecule has 0 radical (unpaired) electrons. The normalized spacial score (nSPS) is 11.7. The summed E-state index contributed by atoms with van der Waals surface area (Å²) >= 11 is 0. The van der Waals surface area contributed by atoms with Gasteiger partial charge in [-0.1, -0.05) is 103 Å². The Morgan fingerprint density at radius 1 is 0.305 bits per heavy atom. The highest BCUT2D eigenvalue weighted by atomic mass is 15.1. The molecule has 6 heteroatoms. The molecule has 0 N–H and O–H groups in total. The van der Waals surface area contributed by atoms with Gasteiger partial charge in [-0.15, -0.1) is 0 Å². The number of hydrogen-bond donors (Lipinski definition) is 0. The maximum absolute atomic E-state index is 5.12. The van der Waals surface area contributed by atoms with Crippen LogP contribution in [0.1, 0.15) is 0 Å². The van der Waals surface area contributed by atoms with Crippen molar-refractivity contribution < 1.29 is 0 Å². The lowest BCUT2D eigenvalue weighted by Gasteiger charge is -2.13. The molecule has 4 aromatic heterocycles. The van der Waals surface area contributed by atoms with Gasteiger partial charge in [-0.2, -0.15) is 0 Å². The number of imidazole rings is 1. The number of nitrogens with zero attached hydrogens (tertiary/aromatic N) is 6. The minimum Gasteiger partial charge on any atom is -0.309 e. The van der Waals surface area contributed by atoms with Crippen molar-refractivity contribution in [1.29, 1.82) is 0 Å². The van der Waals surface area contributed by atoms with Crippen LogP contribution in [-0.4, -0.2) is 28.7 Å². The van der Waals surface area contributed by atoms with Crippen LogP contribution in [0, 0.1) is 0 Å². The van der Waals surface area contributed by atoms with Gasteiger partial charge in [0, 0.05) is 62.1 Å². The third-order valence-corrected chi connectivity index (χ3v) is 11.6. The molecule has 0 fully saturated rings. The van der Waals surface area contributed by atoms with Gasteiger partial charge in [0.2, 0.25) is 0 Å². The molecule has 0 bridgehead atoms. The molecular formula is C53H34N6. The van der Waals surface area contributed by atoms with Crippen LogP contribution in [0.15, 0.2) is 207 Å². The quantitative estimate of drug-likeness (QED) is 0.170. The van der Waals surface area contributed by atoms with Crippen molar-refractivity contribution in [2.45, 2.75) is 0 Å². The van der Waals surface area contributed by atoms with E-state index in [0.717, 1.165) is 45.0 Å². The van der Waals surface area contributed by atoms with E-state index in [1.165, 1.54) is 54.7 Å². The molecule has 0 aliphatic rings. The molecule has 12 aromatic rings. The van der Waals surface area contributed by atoms with Gasteiger partial charge < -0.3 is 9.13 Å². The molecule has 0 amide bonds. The highest BCUT2D eigenvalue weighted by Crippen LogP contribution is 2.39. The molecular weight excluding hydrogens is 721 g/mol. The highest BCUT2D eigenvalue weighted by Gasteiger charge is 2.18. The number of benzene rings is 8. The second-order valence-electron chi connectivity index (χ2n) is 14.9. The van der Waals surface area contributed by atoms with Crippen molar-refractivity contribution in [3.05, 3.63) is 207 Å². The molecule has 0 spiro atoms. The monoisotopic (exact) mass is 754 g/mol. The summed E-state index contributed by atoms with van der Waals surface area (Å²) in [6, 6.07) is 69.2. The molecule has 0 unspecified atom stereocenters. The number of fused-ring (bicyclic) bond motifs is 7. The van der Waals surface area contributed by atoms with Crippen LogP contribution >= 0.6 is 0 Å². The van der Waals surface area contributed by atoms with E-state index in [1.807, 2.05) is 12.1 Å². The first kappa shape index (κ1) is 33.1. The largest absolute Gasteiger partial charge is 0.309 e. The fourth-order valence-electron chi connectivity index (χ4n) is 8.89. The average molecular weight is 755 g/mol. The first-order chi connectivity index (χ1) is 29.3. The Kier molecular flexibility index (Phi) is 7.43. The van der Waals surface area contributed by atoms with Gasteiger partial charge in [0.25, 0.3) is 0 Å². The zero-order valence-electron chi connectivity index (χ0n) is 31.8. The van der Waals surface area contributed by atoms with E-state index >= 15 is 0 Å². The summed E-state index contributed by atoms with van der Waals surface area (Å²) < 4.78 is 7.00. The average Bonchev–Trinajstić information content (AvgIpc) is 3.97. The maximum Gasteiger partial charge on any atom is 0.159 e. The van der Waals surface area contributed by atoms with E-state index in [1.54, 1.807) is 12.4 Å². The molecule has 12 rings (SSSR count). The third-order valence-electron chi connectivity index (χ3n) is 11.6. The zero-order valence-corrected chi connectivity index (χ0v) is 31.8. The standard InChI is InChI=1S/C53H34N6/c1-2-11-39(12-3-1)57-47-16-7-4-13-42(47)44-33-37(23-29-49(44)57)38-24-30-50-45(34-38)43-14-5-8-17-48(43)58(50)40-25-27-41(28-26-40)59-51-18-9-6-15-46(51)56-53(59)36-21-19-35(20-22-36)52-54-31-10-32-55-52/h1-34H. The smallest absolute Gasteiger partial charge is 0.159 e. The Balaban J connectivity index is 0.950. The van der Waals surface area contributed by atoms with Crippen molar-refractivity contribution in [3.8, 4) is 51.0 Å². The Hall–Kier alpha value is -8.09. The van der Waals surface area contributed by atoms with Crippen molar-refractivity contribution in [2.24, 2.45) is 0 Å². The maximum atomic E-state index is 5.12. The lowest BCUT2D eigenvalue weighted by Crippen LogP contribution is -1.99. The fourth-order valence-corrected chi connectivity index (χ4v) is 8.89. The molecule has 59 heavy (non-hydrogen) atoms. The molecule has 0 saturated carbocycles. The summed E-state index contributed by atoms with van der Waals surface area (Å²) in [6.07, 6.45) is 3.54. The van der Waals surface area contributed by atoms with Crippen LogP contribution in [0.25, 0.3) is 106 Å². The van der Waals surface area contributed by atoms with E-state index in [2.05, 4.69) is 206 Å². The number of aromatic nitrogens is 6. The molecule has 276 valence electrons. The van der Waals surface area contributed by atoms with Gasteiger partial charge in [-0.05, 0) is 102 Å². The zero-order chi connectivity index (χ0) is 38.9. The summed E-state index contributed by atoms with van der Waals surface area (Å²) in [6.45, 7) is 0. The summed E-state index contributed by atoms with van der Waals surface area (Å²) in [5, 5.41) is 4.95. The van der Waals surface area contributed by atoms with Gasteiger partial charge in [-0.25, -0.2) is 15.0 Å². The summed E-state index contributed by atoms with van der Waals surface area (Å²) in [5.74, 6) is 1.58. The van der Waals surface area contributed by atoms with E-state index in [-0.39, 0.29) is 0 Å². The van der Waals surface area contributed by atoms with Crippen LogP contribution in [0.4, 0.5) is 0 Å². The number of hydrogen-bond acceptors (Lipinski definition) is 3. The molecule has 0 aliphatic heterocycles. The van der Waals surface area contributed by atoms with E-state index in [4.69, 9.17) is 4.98 Å². The molecule has 8 aromatic carbocycles. The number of para-hydroxylation sites is 5. The Labute approximate surface area is 339 Å². The minimum atomic E-state index is 0.703. The van der Waals surface area contributed by atoms with E-state index in [9.17, 15) is 0 Å². The van der Waals surface area contributed by atoms with Crippen molar-refractivity contribution in [3.63, 3.8) is 0 Å². The molecule has 6 nitrogen and oxygen atoms in total. The summed E-state index contributed by atoms with van der Waals surface area (Å²) in [4.78, 5) is 14.0. The van der Waals surface area contributed by atoms with Gasteiger partial charge in [-0.3, -0.25) is 4.57 Å². The second-order valence-corrected chi connectivity index (χ2v) is 14.9.